The van der Waals surface area contributed by atoms with Gasteiger partial charge in [0.25, 0.3) is 0 Å². The van der Waals surface area contributed by atoms with Gasteiger partial charge in [0, 0.05) is 0 Å². The SMILES string of the molecule is CCCCCCOc1cc(C(NC(=O)CCl)NC(=O)CCl)ccc1OC. The van der Waals surface area contributed by atoms with Gasteiger partial charge in [-0.2, -0.15) is 0 Å². The van der Waals surface area contributed by atoms with Gasteiger partial charge in [-0.3, -0.25) is 9.59 Å². The molecule has 1 aromatic carbocycles. The summed E-state index contributed by atoms with van der Waals surface area (Å²) < 4.78 is 11.1. The summed E-state index contributed by atoms with van der Waals surface area (Å²) in [5.41, 5.74) is 0.631. The molecule has 0 aliphatic rings. The first kappa shape index (κ1) is 22.4. The number of amides is 2. The van der Waals surface area contributed by atoms with E-state index in [4.69, 9.17) is 32.7 Å². The van der Waals surface area contributed by atoms with Crippen molar-refractivity contribution in [3.63, 3.8) is 0 Å². The molecule has 6 nitrogen and oxygen atoms in total. The molecule has 8 heteroatoms. The molecule has 0 aliphatic carbocycles. The number of alkyl halides is 2. The van der Waals surface area contributed by atoms with Crippen LogP contribution in [0.25, 0.3) is 0 Å². The predicted octanol–water partition coefficient (Wildman–Crippen LogP) is 3.36. The monoisotopic (exact) mass is 404 g/mol. The van der Waals surface area contributed by atoms with Gasteiger partial charge in [-0.05, 0) is 24.1 Å². The highest BCUT2D eigenvalue weighted by molar-refractivity contribution is 6.27. The van der Waals surface area contributed by atoms with Crippen molar-refractivity contribution in [3.8, 4) is 11.5 Å². The fourth-order valence-electron chi connectivity index (χ4n) is 2.30. The van der Waals surface area contributed by atoms with E-state index in [1.54, 1.807) is 25.3 Å². The molecule has 2 N–H and O–H groups in total. The van der Waals surface area contributed by atoms with E-state index in [-0.39, 0.29) is 11.8 Å². The molecule has 0 radical (unpaired) electrons. The van der Waals surface area contributed by atoms with E-state index in [2.05, 4.69) is 17.6 Å². The second-order valence-corrected chi connectivity index (χ2v) is 6.19. The largest absolute Gasteiger partial charge is 0.493 e. The van der Waals surface area contributed by atoms with Gasteiger partial charge in [-0.1, -0.05) is 32.3 Å². The number of rotatable bonds is 12. The molecule has 0 atom stereocenters. The quantitative estimate of drug-likeness (QED) is 0.318. The van der Waals surface area contributed by atoms with Crippen LogP contribution in [0.5, 0.6) is 11.5 Å². The zero-order valence-corrected chi connectivity index (χ0v) is 16.7. The molecule has 0 aromatic heterocycles. The van der Waals surface area contributed by atoms with Crippen molar-refractivity contribution in [2.75, 3.05) is 25.5 Å². The van der Waals surface area contributed by atoms with Gasteiger partial charge >= 0.3 is 0 Å². The van der Waals surface area contributed by atoms with E-state index in [0.29, 0.717) is 23.7 Å². The Morgan fingerprint density at radius 2 is 1.69 bits per heavy atom. The van der Waals surface area contributed by atoms with Crippen LogP contribution in [0, 0.1) is 0 Å². The zero-order chi connectivity index (χ0) is 19.4. The van der Waals surface area contributed by atoms with E-state index in [1.165, 1.54) is 0 Å². The molecule has 146 valence electrons. The second kappa shape index (κ2) is 12.7. The summed E-state index contributed by atoms with van der Waals surface area (Å²) in [6.07, 6.45) is 3.59. The number of hydrogen-bond donors (Lipinski definition) is 2. The van der Waals surface area contributed by atoms with E-state index in [0.717, 1.165) is 25.7 Å². The van der Waals surface area contributed by atoms with Crippen LogP contribution in [-0.4, -0.2) is 37.3 Å². The number of carbonyl (C=O) groups excluding carboxylic acids is 2. The van der Waals surface area contributed by atoms with Crippen LogP contribution in [0.1, 0.15) is 44.3 Å². The molecule has 1 rings (SSSR count). The summed E-state index contributed by atoms with van der Waals surface area (Å²) in [5, 5.41) is 5.28. The van der Waals surface area contributed by atoms with Crippen LogP contribution >= 0.6 is 23.2 Å². The number of benzene rings is 1. The fourth-order valence-corrected chi connectivity index (χ4v) is 2.45. The Bertz CT molecular complexity index is 566. The molecular formula is C18H26Cl2N2O4. The maximum Gasteiger partial charge on any atom is 0.236 e. The van der Waals surface area contributed by atoms with Crippen LogP contribution in [0.15, 0.2) is 18.2 Å². The van der Waals surface area contributed by atoms with Gasteiger partial charge in [0.1, 0.15) is 17.9 Å². The first-order valence-electron chi connectivity index (χ1n) is 8.57. The lowest BCUT2D eigenvalue weighted by Gasteiger charge is -2.21. The molecule has 0 saturated carbocycles. The van der Waals surface area contributed by atoms with Crippen LogP contribution in [0.2, 0.25) is 0 Å². The number of unbranched alkanes of at least 4 members (excludes halogenated alkanes) is 3. The first-order chi connectivity index (χ1) is 12.5. The first-order valence-corrected chi connectivity index (χ1v) is 9.64. The van der Waals surface area contributed by atoms with Crippen LogP contribution in [0.3, 0.4) is 0 Å². The van der Waals surface area contributed by atoms with Crippen molar-refractivity contribution in [1.29, 1.82) is 0 Å². The zero-order valence-electron chi connectivity index (χ0n) is 15.1. The Morgan fingerprint density at radius 1 is 1.04 bits per heavy atom. The topological polar surface area (TPSA) is 76.7 Å². The molecule has 0 saturated heterocycles. The van der Waals surface area contributed by atoms with E-state index in [1.807, 2.05) is 0 Å². The van der Waals surface area contributed by atoms with Gasteiger partial charge in [0.05, 0.1) is 13.7 Å². The number of hydrogen-bond acceptors (Lipinski definition) is 4. The maximum atomic E-state index is 11.7. The van der Waals surface area contributed by atoms with Crippen molar-refractivity contribution in [2.24, 2.45) is 0 Å². The lowest BCUT2D eigenvalue weighted by Crippen LogP contribution is -2.42. The van der Waals surface area contributed by atoms with Crippen molar-refractivity contribution < 1.29 is 19.1 Å². The highest BCUT2D eigenvalue weighted by Gasteiger charge is 2.18. The molecule has 26 heavy (non-hydrogen) atoms. The molecular weight excluding hydrogens is 379 g/mol. The minimum atomic E-state index is -0.763. The average Bonchev–Trinajstić information content (AvgIpc) is 2.66. The molecule has 0 heterocycles. The standard InChI is InChI=1S/C18H26Cl2N2O4/c1-3-4-5-6-9-26-15-10-13(7-8-14(15)25-2)18(21-16(23)11-19)22-17(24)12-20/h7-8,10,18H,3-6,9,11-12H2,1-2H3,(H,21,23)(H,22,24). The molecule has 0 bridgehead atoms. The Kier molecular flexibility index (Phi) is 10.9. The van der Waals surface area contributed by atoms with E-state index in [9.17, 15) is 9.59 Å². The summed E-state index contributed by atoms with van der Waals surface area (Å²) in [6, 6.07) is 5.19. The highest BCUT2D eigenvalue weighted by Crippen LogP contribution is 2.30. The molecule has 0 fully saturated rings. The molecule has 0 spiro atoms. The third-order valence-corrected chi connectivity index (χ3v) is 4.12. The van der Waals surface area contributed by atoms with Crippen molar-refractivity contribution in [3.05, 3.63) is 23.8 Å². The molecule has 1 aromatic rings. The average molecular weight is 405 g/mol. The summed E-state index contributed by atoms with van der Waals surface area (Å²) in [6.45, 7) is 2.71. The van der Waals surface area contributed by atoms with Gasteiger partial charge in [-0.15, -0.1) is 23.2 Å². The highest BCUT2D eigenvalue weighted by atomic mass is 35.5. The van der Waals surface area contributed by atoms with E-state index < -0.39 is 18.0 Å². The summed E-state index contributed by atoms with van der Waals surface area (Å²) in [5.74, 6) is -0.134. The summed E-state index contributed by atoms with van der Waals surface area (Å²) in [7, 11) is 1.56. The minimum absolute atomic E-state index is 0.218. The Hall–Kier alpha value is -1.66. The molecule has 0 unspecified atom stereocenters. The van der Waals surface area contributed by atoms with Crippen LogP contribution in [0.4, 0.5) is 0 Å². The number of methoxy groups -OCH3 is 1. The van der Waals surface area contributed by atoms with Crippen molar-refractivity contribution >= 4 is 35.0 Å². The molecule has 0 aliphatic heterocycles. The Labute approximate surface area is 164 Å². The normalized spacial score (nSPS) is 10.5. The van der Waals surface area contributed by atoms with Gasteiger partial charge < -0.3 is 20.1 Å². The van der Waals surface area contributed by atoms with Gasteiger partial charge in [0.2, 0.25) is 11.8 Å². The Balaban J connectivity index is 2.93. The minimum Gasteiger partial charge on any atom is -0.493 e. The lowest BCUT2D eigenvalue weighted by molar-refractivity contribution is -0.122. The molecule has 2 amide bonds. The second-order valence-electron chi connectivity index (χ2n) is 5.65. The smallest absolute Gasteiger partial charge is 0.236 e. The third kappa shape index (κ3) is 7.70. The number of halogens is 2. The lowest BCUT2D eigenvalue weighted by atomic mass is 10.1. The van der Waals surface area contributed by atoms with Gasteiger partial charge in [0.15, 0.2) is 11.5 Å². The van der Waals surface area contributed by atoms with Crippen molar-refractivity contribution in [1.82, 2.24) is 10.6 Å². The van der Waals surface area contributed by atoms with Crippen LogP contribution < -0.4 is 20.1 Å². The van der Waals surface area contributed by atoms with Crippen molar-refractivity contribution in [2.45, 2.75) is 38.8 Å². The predicted molar refractivity (Wildman–Crippen MR) is 103 cm³/mol. The number of nitrogens with one attached hydrogen (secondary N) is 2. The summed E-state index contributed by atoms with van der Waals surface area (Å²) >= 11 is 11.1. The maximum absolute atomic E-state index is 11.7. The third-order valence-electron chi connectivity index (χ3n) is 3.63. The fraction of sp³-hybridized carbons (Fsp3) is 0.556. The number of ether oxygens (including phenoxy) is 2. The van der Waals surface area contributed by atoms with Crippen LogP contribution in [-0.2, 0) is 9.59 Å². The van der Waals surface area contributed by atoms with E-state index >= 15 is 0 Å². The van der Waals surface area contributed by atoms with Gasteiger partial charge in [-0.25, -0.2) is 0 Å². The summed E-state index contributed by atoms with van der Waals surface area (Å²) in [4.78, 5) is 23.3. The Morgan fingerprint density at radius 3 is 2.23 bits per heavy atom. The number of carbonyl (C=O) groups is 2.